The summed E-state index contributed by atoms with van der Waals surface area (Å²) in [5.74, 6) is 1.04. The van der Waals surface area contributed by atoms with E-state index in [0.717, 1.165) is 24.4 Å². The highest BCUT2D eigenvalue weighted by Gasteiger charge is 2.20. The number of aryl methyl sites for hydroxylation is 1. The predicted molar refractivity (Wildman–Crippen MR) is 66.0 cm³/mol. The first-order valence-corrected chi connectivity index (χ1v) is 5.82. The summed E-state index contributed by atoms with van der Waals surface area (Å²) < 4.78 is 5.22. The molecule has 0 radical (unpaired) electrons. The van der Waals surface area contributed by atoms with Crippen LogP contribution in [0, 0.1) is 6.92 Å². The second-order valence-corrected chi connectivity index (χ2v) is 4.39. The van der Waals surface area contributed by atoms with Crippen molar-refractivity contribution in [2.45, 2.75) is 25.9 Å². The van der Waals surface area contributed by atoms with Crippen LogP contribution in [0.2, 0.25) is 0 Å². The quantitative estimate of drug-likeness (QED) is 0.816. The lowest BCUT2D eigenvalue weighted by Gasteiger charge is -2.11. The van der Waals surface area contributed by atoms with Crippen molar-refractivity contribution in [1.29, 1.82) is 0 Å². The van der Waals surface area contributed by atoms with Gasteiger partial charge in [0.05, 0.1) is 7.11 Å². The third-order valence-corrected chi connectivity index (χ3v) is 3.03. The monoisotopic (exact) mass is 234 g/mol. The van der Waals surface area contributed by atoms with E-state index in [2.05, 4.69) is 16.7 Å². The zero-order valence-corrected chi connectivity index (χ0v) is 10.2. The number of carbonyl (C=O) groups excluding carboxylic acids is 1. The van der Waals surface area contributed by atoms with Crippen LogP contribution in [0.4, 0.5) is 0 Å². The minimum absolute atomic E-state index is 0.133. The van der Waals surface area contributed by atoms with Gasteiger partial charge in [0.2, 0.25) is 5.91 Å². The van der Waals surface area contributed by atoms with E-state index in [1.54, 1.807) is 7.11 Å². The molecule has 1 aliphatic rings. The first-order chi connectivity index (χ1) is 8.19. The number of benzene rings is 1. The highest BCUT2D eigenvalue weighted by Crippen LogP contribution is 2.18. The van der Waals surface area contributed by atoms with Crippen molar-refractivity contribution in [1.82, 2.24) is 10.6 Å². The molecule has 0 aliphatic carbocycles. The van der Waals surface area contributed by atoms with Crippen LogP contribution in [-0.4, -0.2) is 25.6 Å². The molecule has 0 bridgehead atoms. The Hall–Kier alpha value is -1.55. The molecule has 1 amide bonds. The molecule has 1 heterocycles. The van der Waals surface area contributed by atoms with Crippen LogP contribution >= 0.6 is 0 Å². The molecule has 1 fully saturated rings. The summed E-state index contributed by atoms with van der Waals surface area (Å²) in [6, 6.07) is 6.38. The highest BCUT2D eigenvalue weighted by molar-refractivity contribution is 5.78. The van der Waals surface area contributed by atoms with Gasteiger partial charge in [-0.05, 0) is 24.1 Å². The fraction of sp³-hybridized carbons (Fsp3) is 0.462. The van der Waals surface area contributed by atoms with Crippen LogP contribution in [0.25, 0.3) is 0 Å². The average molecular weight is 234 g/mol. The molecule has 0 spiro atoms. The normalized spacial score (nSPS) is 19.2. The second kappa shape index (κ2) is 5.19. The molecule has 4 nitrogen and oxygen atoms in total. The lowest BCUT2D eigenvalue weighted by atomic mass is 10.1. The van der Waals surface area contributed by atoms with Crippen molar-refractivity contribution >= 4 is 5.91 Å². The fourth-order valence-corrected chi connectivity index (χ4v) is 2.06. The van der Waals surface area contributed by atoms with Crippen LogP contribution < -0.4 is 15.4 Å². The lowest BCUT2D eigenvalue weighted by molar-refractivity contribution is -0.119. The van der Waals surface area contributed by atoms with E-state index >= 15 is 0 Å². The van der Waals surface area contributed by atoms with Gasteiger partial charge in [-0.1, -0.05) is 12.1 Å². The van der Waals surface area contributed by atoms with Gasteiger partial charge in [0, 0.05) is 25.6 Å². The fourth-order valence-electron chi connectivity index (χ4n) is 2.06. The molecule has 2 N–H and O–H groups in total. The summed E-state index contributed by atoms with van der Waals surface area (Å²) in [5, 5.41) is 6.18. The van der Waals surface area contributed by atoms with Gasteiger partial charge >= 0.3 is 0 Å². The summed E-state index contributed by atoms with van der Waals surface area (Å²) in [6.07, 6.45) is 0.579. The number of ether oxygens (including phenoxy) is 1. The first-order valence-electron chi connectivity index (χ1n) is 5.82. The Morgan fingerprint density at radius 1 is 1.53 bits per heavy atom. The molecule has 92 valence electrons. The molecule has 2 rings (SSSR count). The van der Waals surface area contributed by atoms with Gasteiger partial charge in [0.25, 0.3) is 0 Å². The molecular formula is C13H18N2O2. The lowest BCUT2D eigenvalue weighted by Crippen LogP contribution is -2.30. The second-order valence-electron chi connectivity index (χ2n) is 4.39. The third kappa shape index (κ3) is 2.97. The zero-order valence-electron chi connectivity index (χ0n) is 10.2. The molecule has 17 heavy (non-hydrogen) atoms. The van der Waals surface area contributed by atoms with Gasteiger partial charge in [-0.2, -0.15) is 0 Å². The minimum atomic E-state index is 0.133. The van der Waals surface area contributed by atoms with E-state index in [1.807, 2.05) is 19.1 Å². The topological polar surface area (TPSA) is 50.4 Å². The van der Waals surface area contributed by atoms with Crippen molar-refractivity contribution in [2.24, 2.45) is 0 Å². The Morgan fingerprint density at radius 2 is 2.35 bits per heavy atom. The number of rotatable bonds is 4. The standard InChI is InChI=1S/C13H18N2O2/c1-9-5-10(3-4-12(9)17-2)7-14-11-6-13(16)15-8-11/h3-5,11,14H,6-8H2,1-2H3,(H,15,16). The van der Waals surface area contributed by atoms with Gasteiger partial charge in [0.15, 0.2) is 0 Å². The summed E-state index contributed by atoms with van der Waals surface area (Å²) in [7, 11) is 1.68. The maximum Gasteiger partial charge on any atom is 0.221 e. The van der Waals surface area contributed by atoms with E-state index in [0.29, 0.717) is 6.42 Å². The Labute approximate surface area is 101 Å². The molecule has 1 saturated heterocycles. The molecule has 1 aromatic carbocycles. The molecule has 1 aliphatic heterocycles. The third-order valence-electron chi connectivity index (χ3n) is 3.03. The maximum absolute atomic E-state index is 11.0. The van der Waals surface area contributed by atoms with Gasteiger partial charge in [-0.3, -0.25) is 4.79 Å². The van der Waals surface area contributed by atoms with Crippen molar-refractivity contribution in [3.8, 4) is 5.75 Å². The van der Waals surface area contributed by atoms with E-state index in [9.17, 15) is 4.79 Å². The maximum atomic E-state index is 11.0. The Kier molecular flexibility index (Phi) is 3.64. The predicted octanol–water partition coefficient (Wildman–Crippen LogP) is 0.982. The summed E-state index contributed by atoms with van der Waals surface area (Å²) in [4.78, 5) is 11.0. The van der Waals surface area contributed by atoms with E-state index in [-0.39, 0.29) is 11.9 Å². The Balaban J connectivity index is 1.91. The molecule has 1 aromatic rings. The van der Waals surface area contributed by atoms with Gasteiger partial charge in [-0.25, -0.2) is 0 Å². The molecule has 1 unspecified atom stereocenters. The van der Waals surface area contributed by atoms with Crippen LogP contribution in [0.1, 0.15) is 17.5 Å². The number of hydrogen-bond acceptors (Lipinski definition) is 3. The largest absolute Gasteiger partial charge is 0.496 e. The SMILES string of the molecule is COc1ccc(CNC2CNC(=O)C2)cc1C. The number of nitrogens with one attached hydrogen (secondary N) is 2. The van der Waals surface area contributed by atoms with E-state index in [1.165, 1.54) is 5.56 Å². The Bertz CT molecular complexity index is 418. The molecule has 0 saturated carbocycles. The highest BCUT2D eigenvalue weighted by atomic mass is 16.5. The number of methoxy groups -OCH3 is 1. The molecule has 4 heteroatoms. The number of hydrogen-bond donors (Lipinski definition) is 2. The van der Waals surface area contributed by atoms with Crippen molar-refractivity contribution in [3.05, 3.63) is 29.3 Å². The van der Waals surface area contributed by atoms with Crippen LogP contribution in [0.15, 0.2) is 18.2 Å². The summed E-state index contributed by atoms with van der Waals surface area (Å²) in [5.41, 5.74) is 2.34. The van der Waals surface area contributed by atoms with Gasteiger partial charge < -0.3 is 15.4 Å². The molecule has 0 aromatic heterocycles. The van der Waals surface area contributed by atoms with E-state index in [4.69, 9.17) is 4.74 Å². The first kappa shape index (κ1) is 11.9. The number of amides is 1. The van der Waals surface area contributed by atoms with Crippen molar-refractivity contribution in [2.75, 3.05) is 13.7 Å². The van der Waals surface area contributed by atoms with E-state index < -0.39 is 0 Å². The van der Waals surface area contributed by atoms with Crippen LogP contribution in [0.5, 0.6) is 5.75 Å². The Morgan fingerprint density at radius 3 is 2.94 bits per heavy atom. The zero-order chi connectivity index (χ0) is 12.3. The molecule has 1 atom stereocenters. The van der Waals surface area contributed by atoms with Gasteiger partial charge in [0.1, 0.15) is 5.75 Å². The molecular weight excluding hydrogens is 216 g/mol. The van der Waals surface area contributed by atoms with Crippen LogP contribution in [0.3, 0.4) is 0 Å². The summed E-state index contributed by atoms with van der Waals surface area (Å²) >= 11 is 0. The minimum Gasteiger partial charge on any atom is -0.496 e. The van der Waals surface area contributed by atoms with Gasteiger partial charge in [-0.15, -0.1) is 0 Å². The van der Waals surface area contributed by atoms with Crippen molar-refractivity contribution < 1.29 is 9.53 Å². The summed E-state index contributed by atoms with van der Waals surface area (Å²) in [6.45, 7) is 3.54. The van der Waals surface area contributed by atoms with Crippen LogP contribution in [-0.2, 0) is 11.3 Å². The van der Waals surface area contributed by atoms with Crippen molar-refractivity contribution in [3.63, 3.8) is 0 Å². The average Bonchev–Trinajstić information content (AvgIpc) is 2.73. The smallest absolute Gasteiger partial charge is 0.221 e. The number of carbonyl (C=O) groups is 1.